The third-order valence-corrected chi connectivity index (χ3v) is 13.6. The number of hydrogen-bond donors (Lipinski definition) is 1. The molecule has 370 valence electrons. The zero-order valence-corrected chi connectivity index (χ0v) is 41.7. The van der Waals surface area contributed by atoms with Gasteiger partial charge in [0.25, 0.3) is 0 Å². The summed E-state index contributed by atoms with van der Waals surface area (Å²) in [5, 5.41) is 14.0. The molecule has 5 rings (SSSR count). The van der Waals surface area contributed by atoms with Gasteiger partial charge in [0.1, 0.15) is 47.0 Å². The first-order valence-electron chi connectivity index (χ1n) is 24.0. The van der Waals surface area contributed by atoms with Gasteiger partial charge in [-0.3, -0.25) is 9.05 Å². The van der Waals surface area contributed by atoms with Gasteiger partial charge in [-0.15, -0.1) is 0 Å². The SMILES string of the molecule is CCCCCCCCCCCCCCCCCCOCC(COc1cc(F)cc(C#N)c1)COP(=O)(OC[C@@](C)(OC)[C@H]1OC(C)(C)O[C@H]1c1ccc2c(N)ncnn12)Oc1ccccc1Cl. The number of unbranched alkanes of at least 4 members (excludes halogenated alkanes) is 15. The second-order valence-corrected chi connectivity index (χ2v) is 20.1. The number of anilines is 1. The van der Waals surface area contributed by atoms with Crippen molar-refractivity contribution in [2.75, 3.05) is 45.9 Å². The van der Waals surface area contributed by atoms with Crippen LogP contribution in [0.15, 0.2) is 60.9 Å². The number of hydrogen-bond acceptors (Lipinski definition) is 13. The van der Waals surface area contributed by atoms with Crippen molar-refractivity contribution in [2.45, 2.75) is 154 Å². The number of para-hydroxylation sites is 1. The predicted molar refractivity (Wildman–Crippen MR) is 258 cm³/mol. The van der Waals surface area contributed by atoms with Crippen LogP contribution in [0.5, 0.6) is 11.5 Å². The fourth-order valence-electron chi connectivity index (χ4n) is 8.07. The van der Waals surface area contributed by atoms with Gasteiger partial charge in [-0.1, -0.05) is 127 Å². The fourth-order valence-corrected chi connectivity index (χ4v) is 9.69. The van der Waals surface area contributed by atoms with Gasteiger partial charge in [0, 0.05) is 25.7 Å². The molecule has 0 radical (unpaired) electrons. The van der Waals surface area contributed by atoms with Crippen LogP contribution in [0.4, 0.5) is 10.2 Å². The normalized spacial score (nSPS) is 18.1. The maximum atomic E-state index is 14.9. The molecule has 1 saturated heterocycles. The number of nitrogens with two attached hydrogens (primary N) is 1. The molecule has 1 fully saturated rings. The largest absolute Gasteiger partial charge is 0.530 e. The van der Waals surface area contributed by atoms with Crippen molar-refractivity contribution < 1.29 is 46.2 Å². The molecule has 0 bridgehead atoms. The van der Waals surface area contributed by atoms with E-state index in [2.05, 4.69) is 17.0 Å². The molecule has 0 aliphatic carbocycles. The van der Waals surface area contributed by atoms with Gasteiger partial charge in [0.15, 0.2) is 11.6 Å². The van der Waals surface area contributed by atoms with E-state index >= 15 is 0 Å². The van der Waals surface area contributed by atoms with Gasteiger partial charge in [0.05, 0.1) is 48.8 Å². The van der Waals surface area contributed by atoms with E-state index in [-0.39, 0.29) is 48.5 Å². The van der Waals surface area contributed by atoms with Crippen molar-refractivity contribution in [2.24, 2.45) is 5.92 Å². The van der Waals surface area contributed by atoms with E-state index in [1.54, 1.807) is 55.6 Å². The summed E-state index contributed by atoms with van der Waals surface area (Å²) < 4.78 is 80.2. The molecule has 2 unspecified atom stereocenters. The van der Waals surface area contributed by atoms with E-state index in [0.717, 1.165) is 25.3 Å². The van der Waals surface area contributed by atoms with Crippen molar-refractivity contribution in [3.63, 3.8) is 0 Å². The standard InChI is InChI=1S/C50H72ClFN5O9P/c1-6-7-8-9-10-11-12-13-14-15-16-17-18-19-20-23-28-60-33-39(34-61-41-30-38(32-53)29-40(52)31-41)35-62-67(58,66-45-25-22-21-24-42(45)51)63-36-50(4,59-5)47-46(64-49(2,3)65-47)43-26-27-44-48(54)55-37-56-57(43)44/h21-22,24-27,29-31,37,39,46-47H,6-20,23,28,33-36H2,1-5H3,(H2,54,55,56)/t39?,46-,47-,50+,67?/m0/s1. The van der Waals surface area contributed by atoms with Gasteiger partial charge < -0.3 is 33.9 Å². The second-order valence-electron chi connectivity index (χ2n) is 18.1. The molecule has 1 aliphatic rings. The van der Waals surface area contributed by atoms with Crippen LogP contribution in [-0.4, -0.2) is 72.2 Å². The predicted octanol–water partition coefficient (Wildman–Crippen LogP) is 12.8. The van der Waals surface area contributed by atoms with Crippen LogP contribution >= 0.6 is 19.4 Å². The molecule has 67 heavy (non-hydrogen) atoms. The highest BCUT2D eigenvalue weighted by atomic mass is 35.5. The Bertz CT molecular complexity index is 2190. The first-order valence-corrected chi connectivity index (χ1v) is 25.9. The minimum absolute atomic E-state index is 0.0293. The summed E-state index contributed by atoms with van der Waals surface area (Å²) in [6.45, 7) is 7.61. The lowest BCUT2D eigenvalue weighted by atomic mass is 9.93. The zero-order chi connectivity index (χ0) is 48.1. The summed E-state index contributed by atoms with van der Waals surface area (Å²) in [5.41, 5.74) is 6.14. The smallest absolute Gasteiger partial charge is 0.493 e. The van der Waals surface area contributed by atoms with E-state index in [1.165, 1.54) is 109 Å². The minimum atomic E-state index is -4.54. The van der Waals surface area contributed by atoms with Crippen molar-refractivity contribution in [3.05, 3.63) is 83.0 Å². The van der Waals surface area contributed by atoms with Crippen LogP contribution in [0.3, 0.4) is 0 Å². The maximum Gasteiger partial charge on any atom is 0.530 e. The number of nitrogens with zero attached hydrogens (tertiary/aromatic N) is 4. The molecule has 0 spiro atoms. The molecule has 1 aliphatic heterocycles. The first-order chi connectivity index (χ1) is 32.3. The van der Waals surface area contributed by atoms with Crippen molar-refractivity contribution >= 4 is 30.8 Å². The Morgan fingerprint density at radius 3 is 2.21 bits per heavy atom. The molecule has 2 N–H and O–H groups in total. The molecule has 2 aromatic carbocycles. The Kier molecular flexibility index (Phi) is 22.1. The van der Waals surface area contributed by atoms with Crippen molar-refractivity contribution in [3.8, 4) is 17.6 Å². The van der Waals surface area contributed by atoms with Crippen LogP contribution in [-0.2, 0) is 32.6 Å². The van der Waals surface area contributed by atoms with Crippen molar-refractivity contribution in [1.29, 1.82) is 5.26 Å². The number of rotatable bonds is 33. The monoisotopic (exact) mass is 971 g/mol. The number of nitriles is 1. The van der Waals surface area contributed by atoms with E-state index < -0.39 is 43.2 Å². The van der Waals surface area contributed by atoms with Crippen molar-refractivity contribution in [1.82, 2.24) is 14.6 Å². The van der Waals surface area contributed by atoms with E-state index in [4.69, 9.17) is 54.6 Å². The summed E-state index contributed by atoms with van der Waals surface area (Å²) in [4.78, 5) is 4.10. The second kappa shape index (κ2) is 27.4. The van der Waals surface area contributed by atoms with Gasteiger partial charge in [0.2, 0.25) is 0 Å². The number of ether oxygens (including phenoxy) is 5. The molecular weight excluding hydrogens is 900 g/mol. The molecular formula is C50H72ClFN5O9P. The molecule has 0 amide bonds. The Morgan fingerprint density at radius 2 is 1.57 bits per heavy atom. The molecule has 0 saturated carbocycles. The number of fused-ring (bicyclic) bond motifs is 1. The van der Waals surface area contributed by atoms with E-state index in [9.17, 15) is 14.2 Å². The van der Waals surface area contributed by atoms with Crippen LogP contribution < -0.4 is 15.0 Å². The zero-order valence-electron chi connectivity index (χ0n) is 40.1. The molecule has 17 heteroatoms. The third kappa shape index (κ3) is 17.3. The van der Waals surface area contributed by atoms with Crippen LogP contribution in [0.25, 0.3) is 5.52 Å². The first kappa shape index (κ1) is 54.1. The highest BCUT2D eigenvalue weighted by molar-refractivity contribution is 7.49. The number of benzene rings is 2. The molecule has 4 aromatic rings. The molecule has 3 heterocycles. The third-order valence-electron chi connectivity index (χ3n) is 12.0. The number of phosphoric ester groups is 1. The average molecular weight is 973 g/mol. The van der Waals surface area contributed by atoms with E-state index in [0.29, 0.717) is 23.6 Å². The Balaban J connectivity index is 1.20. The Labute approximate surface area is 401 Å². The summed E-state index contributed by atoms with van der Waals surface area (Å²) >= 11 is 6.49. The van der Waals surface area contributed by atoms with Crippen LogP contribution in [0.1, 0.15) is 148 Å². The van der Waals surface area contributed by atoms with Gasteiger partial charge in [-0.2, -0.15) is 10.4 Å². The summed E-state index contributed by atoms with van der Waals surface area (Å²) in [5.74, 6) is -1.70. The van der Waals surface area contributed by atoms with Crippen LogP contribution in [0, 0.1) is 23.1 Å². The number of aromatic nitrogens is 3. The molecule has 5 atom stereocenters. The summed E-state index contributed by atoms with van der Waals surface area (Å²) in [6, 6.07) is 15.8. The number of nitrogen functional groups attached to an aromatic ring is 1. The average Bonchev–Trinajstić information content (AvgIpc) is 3.90. The van der Waals surface area contributed by atoms with Gasteiger partial charge in [-0.25, -0.2) is 18.5 Å². The summed E-state index contributed by atoms with van der Waals surface area (Å²) in [7, 11) is -3.06. The lowest BCUT2D eigenvalue weighted by Gasteiger charge is -2.36. The Hall–Kier alpha value is -3.84. The van der Waals surface area contributed by atoms with E-state index in [1.807, 2.05) is 12.1 Å². The quantitative estimate of drug-likeness (QED) is 0.0354. The number of phosphoric acid groups is 1. The van der Waals surface area contributed by atoms with Gasteiger partial charge in [-0.05, 0) is 63.6 Å². The summed E-state index contributed by atoms with van der Waals surface area (Å²) in [6.07, 6.45) is 20.1. The van der Waals surface area contributed by atoms with Crippen LogP contribution in [0.2, 0.25) is 5.02 Å². The maximum absolute atomic E-state index is 14.9. The lowest BCUT2D eigenvalue weighted by Crippen LogP contribution is -2.48. The Morgan fingerprint density at radius 1 is 0.910 bits per heavy atom. The molecule has 2 aromatic heterocycles. The van der Waals surface area contributed by atoms with Gasteiger partial charge >= 0.3 is 7.82 Å². The minimum Gasteiger partial charge on any atom is -0.493 e. The topological polar surface area (TPSA) is 171 Å². The lowest BCUT2D eigenvalue weighted by molar-refractivity contribution is -0.180. The highest BCUT2D eigenvalue weighted by Gasteiger charge is 2.54. The number of methoxy groups -OCH3 is 1. The fraction of sp³-hybridized carbons (Fsp3) is 0.620. The molecule has 14 nitrogen and oxygen atoms in total. The number of halogens is 2. The highest BCUT2D eigenvalue weighted by Crippen LogP contribution is 2.53.